The highest BCUT2D eigenvalue weighted by Gasteiger charge is 2.25. The van der Waals surface area contributed by atoms with Crippen LogP contribution in [0.25, 0.3) is 5.69 Å². The molecule has 2 heterocycles. The summed E-state index contributed by atoms with van der Waals surface area (Å²) in [5.74, 6) is 0.648. The molecule has 7 heteroatoms. The van der Waals surface area contributed by atoms with Crippen molar-refractivity contribution in [1.82, 2.24) is 14.8 Å². The molecule has 1 aromatic carbocycles. The van der Waals surface area contributed by atoms with Gasteiger partial charge < -0.3 is 9.64 Å². The lowest BCUT2D eigenvalue weighted by molar-refractivity contribution is -0.142. The zero-order valence-electron chi connectivity index (χ0n) is 16.4. The number of hydrogen-bond donors (Lipinski definition) is 0. The van der Waals surface area contributed by atoms with Gasteiger partial charge in [-0.1, -0.05) is 36.4 Å². The molecule has 0 amide bonds. The van der Waals surface area contributed by atoms with Crippen LogP contribution in [0.15, 0.2) is 29.4 Å². The molecule has 1 aromatic heterocycles. The second-order valence-electron chi connectivity index (χ2n) is 6.93. The smallest absolute Gasteiger partial charge is 0.319 e. The van der Waals surface area contributed by atoms with Gasteiger partial charge in [-0.3, -0.25) is 9.36 Å². The van der Waals surface area contributed by atoms with Crippen LogP contribution in [0.2, 0.25) is 0 Å². The predicted octanol–water partition coefficient (Wildman–Crippen LogP) is 4.00. The number of carbonyl (C=O) groups is 1. The van der Waals surface area contributed by atoms with E-state index in [1.54, 1.807) is 0 Å². The largest absolute Gasteiger partial charge is 0.465 e. The fourth-order valence-corrected chi connectivity index (χ4v) is 3.94. The van der Waals surface area contributed by atoms with Crippen LogP contribution in [0.1, 0.15) is 45.1 Å². The molecule has 27 heavy (non-hydrogen) atoms. The second-order valence-corrected chi connectivity index (χ2v) is 8.24. The number of benzene rings is 1. The first-order valence-corrected chi connectivity index (χ1v) is 10.6. The van der Waals surface area contributed by atoms with E-state index in [2.05, 4.69) is 50.9 Å². The van der Waals surface area contributed by atoms with E-state index in [-0.39, 0.29) is 11.2 Å². The first-order chi connectivity index (χ1) is 13.1. The van der Waals surface area contributed by atoms with Gasteiger partial charge in [-0.05, 0) is 51.7 Å². The highest BCUT2D eigenvalue weighted by molar-refractivity contribution is 8.00. The third-order valence-corrected chi connectivity index (χ3v) is 5.63. The minimum Gasteiger partial charge on any atom is -0.465 e. The minimum atomic E-state index is -0.334. The molecule has 6 nitrogen and oxygen atoms in total. The van der Waals surface area contributed by atoms with Crippen LogP contribution in [-0.2, 0) is 9.53 Å². The van der Waals surface area contributed by atoms with Crippen molar-refractivity contribution in [2.45, 2.75) is 56.9 Å². The molecule has 0 radical (unpaired) electrons. The summed E-state index contributed by atoms with van der Waals surface area (Å²) in [6.07, 6.45) is 4.42. The molecule has 2 aromatic rings. The van der Waals surface area contributed by atoms with Gasteiger partial charge in [0.05, 0.1) is 12.3 Å². The predicted molar refractivity (Wildman–Crippen MR) is 109 cm³/mol. The number of aryl methyl sites for hydroxylation is 1. The number of aromatic nitrogens is 3. The SMILES string of the molecule is CCCOC(=O)C(C)Sc1nnc(N2CCCCC2)n1-c1ccc(C)cc1. The zero-order chi connectivity index (χ0) is 19.2. The molecule has 1 saturated heterocycles. The van der Waals surface area contributed by atoms with E-state index in [4.69, 9.17) is 4.74 Å². The van der Waals surface area contributed by atoms with E-state index in [0.717, 1.165) is 36.3 Å². The van der Waals surface area contributed by atoms with Gasteiger partial charge in [0.25, 0.3) is 0 Å². The number of carbonyl (C=O) groups excluding carboxylic acids is 1. The van der Waals surface area contributed by atoms with Gasteiger partial charge in [-0.15, -0.1) is 10.2 Å². The van der Waals surface area contributed by atoms with Crippen molar-refractivity contribution in [2.75, 3.05) is 24.6 Å². The maximum absolute atomic E-state index is 12.2. The Hall–Kier alpha value is -2.02. The Kier molecular flexibility index (Phi) is 6.77. The van der Waals surface area contributed by atoms with Crippen molar-refractivity contribution in [3.05, 3.63) is 29.8 Å². The Balaban J connectivity index is 1.90. The molecular weight excluding hydrogens is 360 g/mol. The third kappa shape index (κ3) is 4.83. The van der Waals surface area contributed by atoms with Crippen LogP contribution in [-0.4, -0.2) is 45.7 Å². The molecule has 1 aliphatic heterocycles. The first kappa shape index (κ1) is 19.7. The topological polar surface area (TPSA) is 60.2 Å². The lowest BCUT2D eigenvalue weighted by Crippen LogP contribution is -2.31. The summed E-state index contributed by atoms with van der Waals surface area (Å²) >= 11 is 1.40. The number of piperidine rings is 1. The van der Waals surface area contributed by atoms with Crippen molar-refractivity contribution in [3.8, 4) is 5.69 Å². The monoisotopic (exact) mass is 388 g/mol. The highest BCUT2D eigenvalue weighted by atomic mass is 32.2. The first-order valence-electron chi connectivity index (χ1n) is 9.71. The van der Waals surface area contributed by atoms with E-state index in [1.165, 1.54) is 36.6 Å². The summed E-state index contributed by atoms with van der Waals surface area (Å²) < 4.78 is 7.35. The van der Waals surface area contributed by atoms with E-state index in [1.807, 2.05) is 13.8 Å². The Morgan fingerprint density at radius 1 is 1.19 bits per heavy atom. The molecule has 0 aliphatic carbocycles. The van der Waals surface area contributed by atoms with Crippen LogP contribution in [0.3, 0.4) is 0 Å². The van der Waals surface area contributed by atoms with Crippen LogP contribution in [0.5, 0.6) is 0 Å². The molecule has 1 aliphatic rings. The Morgan fingerprint density at radius 2 is 1.89 bits per heavy atom. The number of thioether (sulfide) groups is 1. The molecule has 0 N–H and O–H groups in total. The van der Waals surface area contributed by atoms with E-state index >= 15 is 0 Å². The third-order valence-electron chi connectivity index (χ3n) is 4.61. The summed E-state index contributed by atoms with van der Waals surface area (Å²) in [5.41, 5.74) is 2.22. The zero-order valence-corrected chi connectivity index (χ0v) is 17.2. The number of anilines is 1. The standard InChI is InChI=1S/C20H28N4O2S/c1-4-14-26-18(25)16(3)27-20-22-21-19(23-12-6-5-7-13-23)24(20)17-10-8-15(2)9-11-17/h8-11,16H,4-7,12-14H2,1-3H3. The Labute approximate surface area is 165 Å². The van der Waals surface area contributed by atoms with Crippen molar-refractivity contribution < 1.29 is 9.53 Å². The number of esters is 1. The van der Waals surface area contributed by atoms with E-state index in [0.29, 0.717) is 6.61 Å². The van der Waals surface area contributed by atoms with Gasteiger partial charge in [0.2, 0.25) is 5.95 Å². The number of hydrogen-bond acceptors (Lipinski definition) is 6. The number of rotatable bonds is 7. The van der Waals surface area contributed by atoms with Crippen molar-refractivity contribution in [1.29, 1.82) is 0 Å². The van der Waals surface area contributed by atoms with Crippen LogP contribution >= 0.6 is 11.8 Å². The molecular formula is C20H28N4O2S. The molecule has 0 saturated carbocycles. The van der Waals surface area contributed by atoms with Crippen molar-refractivity contribution in [2.24, 2.45) is 0 Å². The fraction of sp³-hybridized carbons (Fsp3) is 0.550. The summed E-state index contributed by atoms with van der Waals surface area (Å²) in [6.45, 7) is 8.35. The normalized spacial score (nSPS) is 15.6. The molecule has 0 bridgehead atoms. The number of nitrogens with zero attached hydrogens (tertiary/aromatic N) is 4. The second kappa shape index (κ2) is 9.26. The van der Waals surface area contributed by atoms with Crippen LogP contribution < -0.4 is 4.90 Å². The molecule has 1 fully saturated rings. The molecule has 0 spiro atoms. The van der Waals surface area contributed by atoms with Crippen LogP contribution in [0.4, 0.5) is 5.95 Å². The summed E-state index contributed by atoms with van der Waals surface area (Å²) in [7, 11) is 0. The van der Waals surface area contributed by atoms with Gasteiger partial charge in [0, 0.05) is 13.1 Å². The van der Waals surface area contributed by atoms with E-state index in [9.17, 15) is 4.79 Å². The Bertz CT molecular complexity index is 754. The highest BCUT2D eigenvalue weighted by Crippen LogP contribution is 2.31. The summed E-state index contributed by atoms with van der Waals surface area (Å²) in [4.78, 5) is 14.5. The molecule has 1 atom stereocenters. The summed E-state index contributed by atoms with van der Waals surface area (Å²) in [6, 6.07) is 8.33. The van der Waals surface area contributed by atoms with E-state index < -0.39 is 0 Å². The maximum atomic E-state index is 12.2. The average Bonchev–Trinajstić information content (AvgIpc) is 3.10. The van der Waals surface area contributed by atoms with Crippen LogP contribution in [0, 0.1) is 6.92 Å². The molecule has 3 rings (SSSR count). The van der Waals surface area contributed by atoms with Crippen molar-refractivity contribution >= 4 is 23.7 Å². The fourth-order valence-electron chi connectivity index (χ4n) is 3.08. The van der Waals surface area contributed by atoms with Gasteiger partial charge in [0.1, 0.15) is 5.25 Å². The Morgan fingerprint density at radius 3 is 2.56 bits per heavy atom. The maximum Gasteiger partial charge on any atom is 0.319 e. The van der Waals surface area contributed by atoms with Crippen molar-refractivity contribution in [3.63, 3.8) is 0 Å². The number of ether oxygens (including phenoxy) is 1. The molecule has 1 unspecified atom stereocenters. The van der Waals surface area contributed by atoms with Gasteiger partial charge in [0.15, 0.2) is 5.16 Å². The quantitative estimate of drug-likeness (QED) is 0.528. The van der Waals surface area contributed by atoms with Gasteiger partial charge in [-0.25, -0.2) is 0 Å². The minimum absolute atomic E-state index is 0.208. The lowest BCUT2D eigenvalue weighted by atomic mass is 10.1. The van der Waals surface area contributed by atoms with Gasteiger partial charge >= 0.3 is 5.97 Å². The van der Waals surface area contributed by atoms with Gasteiger partial charge in [-0.2, -0.15) is 0 Å². The summed E-state index contributed by atoms with van der Waals surface area (Å²) in [5, 5.41) is 9.29. The lowest BCUT2D eigenvalue weighted by Gasteiger charge is -2.28. The average molecular weight is 389 g/mol. The molecule has 146 valence electrons.